The highest BCUT2D eigenvalue weighted by Gasteiger charge is 2.51. The highest BCUT2D eigenvalue weighted by atomic mass is 35.5. The lowest BCUT2D eigenvalue weighted by atomic mass is 9.59. The number of aliphatic hydroxyl groups is 1. The maximum atomic E-state index is 11.6. The molecule has 0 radical (unpaired) electrons. The van der Waals surface area contributed by atoms with Gasteiger partial charge >= 0.3 is 0 Å². The summed E-state index contributed by atoms with van der Waals surface area (Å²) in [5, 5.41) is 16.6. The average Bonchev–Trinajstić information content (AvgIpc) is 2.99. The summed E-state index contributed by atoms with van der Waals surface area (Å²) in [6.07, 6.45) is 7.25. The fourth-order valence-corrected chi connectivity index (χ4v) is 4.00. The van der Waals surface area contributed by atoms with Crippen molar-refractivity contribution in [1.29, 1.82) is 0 Å². The number of halogens is 1. The fourth-order valence-electron chi connectivity index (χ4n) is 3.88. The van der Waals surface area contributed by atoms with Gasteiger partial charge in [-0.15, -0.1) is 0 Å². The lowest BCUT2D eigenvalue weighted by molar-refractivity contribution is -0.150. The summed E-state index contributed by atoms with van der Waals surface area (Å²) in [7, 11) is 0. The maximum Gasteiger partial charge on any atom is 0.137 e. The summed E-state index contributed by atoms with van der Waals surface area (Å²) in [5.74, 6) is 0.191. The molecule has 4 nitrogen and oxygen atoms in total. The summed E-state index contributed by atoms with van der Waals surface area (Å²) in [4.78, 5) is 4.01. The van der Waals surface area contributed by atoms with Crippen molar-refractivity contribution in [2.75, 3.05) is 0 Å². The van der Waals surface area contributed by atoms with Crippen LogP contribution in [0.2, 0.25) is 5.02 Å². The van der Waals surface area contributed by atoms with Gasteiger partial charge in [-0.05, 0) is 48.3 Å². The molecular formula is C18H24ClN3O. The van der Waals surface area contributed by atoms with Crippen molar-refractivity contribution in [2.24, 2.45) is 11.3 Å². The van der Waals surface area contributed by atoms with Crippen molar-refractivity contribution in [1.82, 2.24) is 14.8 Å². The van der Waals surface area contributed by atoms with Crippen molar-refractivity contribution in [3.8, 4) is 0 Å². The molecule has 0 bridgehead atoms. The van der Waals surface area contributed by atoms with Gasteiger partial charge in [-0.3, -0.25) is 4.68 Å². The largest absolute Gasteiger partial charge is 0.387 e. The molecule has 1 aromatic carbocycles. The molecule has 1 heterocycles. The maximum absolute atomic E-state index is 11.6. The summed E-state index contributed by atoms with van der Waals surface area (Å²) in [6.45, 7) is 4.81. The topological polar surface area (TPSA) is 50.9 Å². The Morgan fingerprint density at radius 2 is 2.04 bits per heavy atom. The Hall–Kier alpha value is -1.39. The van der Waals surface area contributed by atoms with Crippen LogP contribution in [0.15, 0.2) is 36.9 Å². The second-order valence-corrected chi connectivity index (χ2v) is 7.76. The van der Waals surface area contributed by atoms with Gasteiger partial charge in [0.1, 0.15) is 12.7 Å². The highest BCUT2D eigenvalue weighted by molar-refractivity contribution is 6.30. The molecule has 5 heteroatoms. The molecule has 1 aliphatic rings. The van der Waals surface area contributed by atoms with Crippen molar-refractivity contribution in [3.63, 3.8) is 0 Å². The second kappa shape index (κ2) is 6.25. The van der Waals surface area contributed by atoms with Crippen LogP contribution >= 0.6 is 11.6 Å². The third kappa shape index (κ3) is 3.29. The first-order valence-electron chi connectivity index (χ1n) is 8.20. The Morgan fingerprint density at radius 3 is 2.70 bits per heavy atom. The van der Waals surface area contributed by atoms with E-state index in [-0.39, 0.29) is 11.3 Å². The Kier molecular flexibility index (Phi) is 4.47. The number of nitrogens with zero attached hydrogens (tertiary/aromatic N) is 3. The van der Waals surface area contributed by atoms with Crippen LogP contribution in [0.25, 0.3) is 0 Å². The monoisotopic (exact) mass is 333 g/mol. The zero-order valence-electron chi connectivity index (χ0n) is 13.7. The number of hydrogen-bond acceptors (Lipinski definition) is 3. The summed E-state index contributed by atoms with van der Waals surface area (Å²) >= 11 is 5.98. The predicted molar refractivity (Wildman–Crippen MR) is 91.2 cm³/mol. The molecule has 1 aliphatic carbocycles. The first-order valence-corrected chi connectivity index (χ1v) is 8.58. The van der Waals surface area contributed by atoms with Gasteiger partial charge in [0, 0.05) is 5.02 Å². The van der Waals surface area contributed by atoms with Gasteiger partial charge in [-0.2, -0.15) is 5.10 Å². The Bertz CT molecular complexity index is 639. The van der Waals surface area contributed by atoms with Crippen LogP contribution in [0.3, 0.4) is 0 Å². The van der Waals surface area contributed by atoms with Gasteiger partial charge in [0.15, 0.2) is 0 Å². The molecular weight excluding hydrogens is 310 g/mol. The standard InChI is InChI=1S/C18H24ClN3O/c1-17(2)9-3-4-15(10-14-5-7-16(19)8-6-14)18(17,23)11-22-13-20-12-21-22/h5-8,12-13,15,23H,3-4,9-11H2,1-2H3/t15-,18-/m0/s1. The second-order valence-electron chi connectivity index (χ2n) is 7.32. The third-order valence-electron chi connectivity index (χ3n) is 5.47. The van der Waals surface area contributed by atoms with Crippen molar-refractivity contribution in [2.45, 2.75) is 51.7 Å². The van der Waals surface area contributed by atoms with E-state index < -0.39 is 5.60 Å². The molecule has 1 fully saturated rings. The van der Waals surface area contributed by atoms with E-state index in [1.807, 2.05) is 12.1 Å². The lowest BCUT2D eigenvalue weighted by Gasteiger charge is -2.51. The lowest BCUT2D eigenvalue weighted by Crippen LogP contribution is -2.56. The number of benzene rings is 1. The first-order chi connectivity index (χ1) is 10.9. The number of rotatable bonds is 4. The summed E-state index contributed by atoms with van der Waals surface area (Å²) in [5.41, 5.74) is 0.251. The third-order valence-corrected chi connectivity index (χ3v) is 5.72. The zero-order valence-corrected chi connectivity index (χ0v) is 14.5. The molecule has 3 rings (SSSR count). The van der Waals surface area contributed by atoms with E-state index in [4.69, 9.17) is 11.6 Å². The Balaban J connectivity index is 1.87. The van der Waals surface area contributed by atoms with E-state index in [1.54, 1.807) is 11.0 Å². The van der Waals surface area contributed by atoms with E-state index >= 15 is 0 Å². The predicted octanol–water partition coefficient (Wildman–Crippen LogP) is 3.73. The van der Waals surface area contributed by atoms with E-state index in [1.165, 1.54) is 11.9 Å². The number of aromatic nitrogens is 3. The molecule has 1 aromatic heterocycles. The fraction of sp³-hybridized carbons (Fsp3) is 0.556. The molecule has 2 aromatic rings. The van der Waals surface area contributed by atoms with E-state index in [0.29, 0.717) is 6.54 Å². The van der Waals surface area contributed by atoms with Gasteiger partial charge < -0.3 is 5.11 Å². The minimum atomic E-state index is -0.807. The zero-order chi connectivity index (χ0) is 16.5. The smallest absolute Gasteiger partial charge is 0.137 e. The van der Waals surface area contributed by atoms with Gasteiger partial charge in [-0.1, -0.05) is 44.0 Å². The SMILES string of the molecule is CC1(C)CCC[C@@H](Cc2ccc(Cl)cc2)[C@@]1(O)Cn1cncn1. The minimum Gasteiger partial charge on any atom is -0.387 e. The quantitative estimate of drug-likeness (QED) is 0.927. The van der Waals surface area contributed by atoms with Gasteiger partial charge in [0.05, 0.1) is 12.1 Å². The van der Waals surface area contributed by atoms with Gasteiger partial charge in [-0.25, -0.2) is 4.98 Å². The molecule has 1 N–H and O–H groups in total. The van der Waals surface area contributed by atoms with Gasteiger partial charge in [0.2, 0.25) is 0 Å². The van der Waals surface area contributed by atoms with E-state index in [0.717, 1.165) is 30.7 Å². The molecule has 1 saturated carbocycles. The van der Waals surface area contributed by atoms with E-state index in [9.17, 15) is 5.11 Å². The molecule has 0 amide bonds. The van der Waals surface area contributed by atoms with E-state index in [2.05, 4.69) is 36.1 Å². The minimum absolute atomic E-state index is 0.158. The van der Waals surface area contributed by atoms with Crippen molar-refractivity contribution < 1.29 is 5.11 Å². The molecule has 2 atom stereocenters. The summed E-state index contributed by atoms with van der Waals surface area (Å²) in [6, 6.07) is 7.95. The van der Waals surface area contributed by atoms with Crippen LogP contribution in [0, 0.1) is 11.3 Å². The van der Waals surface area contributed by atoms with Crippen molar-refractivity contribution in [3.05, 3.63) is 47.5 Å². The van der Waals surface area contributed by atoms with Crippen LogP contribution in [0.5, 0.6) is 0 Å². The van der Waals surface area contributed by atoms with Crippen LogP contribution in [0.1, 0.15) is 38.7 Å². The first kappa shape index (κ1) is 16.5. The summed E-state index contributed by atoms with van der Waals surface area (Å²) < 4.78 is 1.75. The molecule has 0 saturated heterocycles. The van der Waals surface area contributed by atoms with Crippen LogP contribution in [-0.4, -0.2) is 25.5 Å². The van der Waals surface area contributed by atoms with Gasteiger partial charge in [0.25, 0.3) is 0 Å². The molecule has 0 spiro atoms. The average molecular weight is 334 g/mol. The molecule has 23 heavy (non-hydrogen) atoms. The Labute approximate surface area is 142 Å². The van der Waals surface area contributed by atoms with Crippen LogP contribution in [0.4, 0.5) is 0 Å². The van der Waals surface area contributed by atoms with Crippen LogP contribution < -0.4 is 0 Å². The van der Waals surface area contributed by atoms with Crippen LogP contribution in [-0.2, 0) is 13.0 Å². The number of hydrogen-bond donors (Lipinski definition) is 1. The molecule has 124 valence electrons. The highest BCUT2D eigenvalue weighted by Crippen LogP contribution is 2.49. The normalized spacial score (nSPS) is 27.0. The Morgan fingerprint density at radius 1 is 1.30 bits per heavy atom. The molecule has 0 unspecified atom stereocenters. The van der Waals surface area contributed by atoms with Crippen molar-refractivity contribution >= 4 is 11.6 Å². The molecule has 0 aliphatic heterocycles.